The summed E-state index contributed by atoms with van der Waals surface area (Å²) in [4.78, 5) is 4.70. The van der Waals surface area contributed by atoms with Gasteiger partial charge in [-0.25, -0.2) is 0 Å². The molecule has 72 valence electrons. The maximum absolute atomic E-state index is 5.07. The van der Waals surface area contributed by atoms with Crippen molar-refractivity contribution in [1.82, 2.24) is 5.16 Å². The topological polar surface area (TPSA) is 47.6 Å². The molecule has 4 heteroatoms. The molecule has 0 aliphatic heterocycles. The fourth-order valence-corrected chi connectivity index (χ4v) is 1.31. The number of rotatable bonds is 3. The molecule has 0 unspecified atom stereocenters. The number of oxime groups is 1. The predicted molar refractivity (Wildman–Crippen MR) is 49.8 cm³/mol. The minimum absolute atomic E-state index is 0.787. The first-order valence-electron chi connectivity index (χ1n) is 4.24. The molecule has 0 aliphatic rings. The van der Waals surface area contributed by atoms with E-state index in [1.165, 1.54) is 7.11 Å². The zero-order valence-electron chi connectivity index (χ0n) is 8.42. The molecule has 0 spiro atoms. The van der Waals surface area contributed by atoms with E-state index < -0.39 is 0 Å². The van der Waals surface area contributed by atoms with Gasteiger partial charge in [0.15, 0.2) is 0 Å². The molecule has 4 nitrogen and oxygen atoms in total. The van der Waals surface area contributed by atoms with E-state index in [9.17, 15) is 0 Å². The van der Waals surface area contributed by atoms with Crippen molar-refractivity contribution in [2.45, 2.75) is 27.2 Å². The molecule has 0 N–H and O–H groups in total. The van der Waals surface area contributed by atoms with E-state index in [1.807, 2.05) is 20.8 Å². The molecule has 0 amide bonds. The van der Waals surface area contributed by atoms with Crippen LogP contribution >= 0.6 is 0 Å². The summed E-state index contributed by atoms with van der Waals surface area (Å²) in [6.45, 7) is 5.78. The van der Waals surface area contributed by atoms with Gasteiger partial charge in [0.1, 0.15) is 12.9 Å². The summed E-state index contributed by atoms with van der Waals surface area (Å²) in [5, 5.41) is 7.78. The van der Waals surface area contributed by atoms with Gasteiger partial charge in [-0.2, -0.15) is 0 Å². The summed E-state index contributed by atoms with van der Waals surface area (Å²) in [6, 6.07) is 0. The number of aromatic nitrogens is 1. The first-order valence-corrected chi connectivity index (χ1v) is 4.24. The Labute approximate surface area is 77.5 Å². The molecule has 0 fully saturated rings. The minimum atomic E-state index is 0.787. The Balaban J connectivity index is 3.10. The van der Waals surface area contributed by atoms with E-state index >= 15 is 0 Å². The third-order valence-electron chi connectivity index (χ3n) is 1.86. The highest BCUT2D eigenvalue weighted by atomic mass is 16.6. The molecule has 1 heterocycles. The van der Waals surface area contributed by atoms with Crippen LogP contribution in [-0.4, -0.2) is 18.0 Å². The molecule has 1 aromatic rings. The maximum atomic E-state index is 5.07. The molecule has 0 atom stereocenters. The second-order valence-corrected chi connectivity index (χ2v) is 2.77. The zero-order valence-corrected chi connectivity index (χ0v) is 8.42. The Bertz CT molecular complexity index is 315. The fraction of sp³-hybridized carbons (Fsp3) is 0.556. The monoisotopic (exact) mass is 182 g/mol. The Morgan fingerprint density at radius 1 is 1.62 bits per heavy atom. The highest BCUT2D eigenvalue weighted by Gasteiger charge is 2.13. The van der Waals surface area contributed by atoms with Crippen LogP contribution in [0.3, 0.4) is 0 Å². The van der Waals surface area contributed by atoms with Crippen LogP contribution in [0, 0.1) is 6.92 Å². The second kappa shape index (κ2) is 4.07. The molecular weight excluding hydrogens is 168 g/mol. The van der Waals surface area contributed by atoms with Crippen molar-refractivity contribution in [3.63, 3.8) is 0 Å². The summed E-state index contributed by atoms with van der Waals surface area (Å²) in [5.41, 5.74) is 2.69. The van der Waals surface area contributed by atoms with E-state index in [2.05, 4.69) is 10.3 Å². The minimum Gasteiger partial charge on any atom is -0.399 e. The molecule has 0 radical (unpaired) electrons. The number of aryl methyl sites for hydroxylation is 2. The average molecular weight is 182 g/mol. The van der Waals surface area contributed by atoms with Crippen molar-refractivity contribution in [2.24, 2.45) is 5.16 Å². The fourth-order valence-electron chi connectivity index (χ4n) is 1.31. The molecule has 1 aromatic heterocycles. The van der Waals surface area contributed by atoms with E-state index in [4.69, 9.17) is 9.36 Å². The van der Waals surface area contributed by atoms with Crippen LogP contribution in [0.15, 0.2) is 9.68 Å². The van der Waals surface area contributed by atoms with E-state index in [0.29, 0.717) is 0 Å². The van der Waals surface area contributed by atoms with Gasteiger partial charge in [0.2, 0.25) is 0 Å². The van der Waals surface area contributed by atoms with Gasteiger partial charge in [-0.1, -0.05) is 17.2 Å². The lowest BCUT2D eigenvalue weighted by Gasteiger charge is -1.98. The standard InChI is InChI=1S/C9H14N2O2/c1-5-8-9(6(2)10-12-4)7(3)13-11-8/h5H2,1-4H3/b10-6+. The maximum Gasteiger partial charge on any atom is 0.143 e. The van der Waals surface area contributed by atoms with Gasteiger partial charge in [0, 0.05) is 0 Å². The molecule has 0 saturated heterocycles. The van der Waals surface area contributed by atoms with Gasteiger partial charge >= 0.3 is 0 Å². The number of hydrogen-bond donors (Lipinski definition) is 0. The van der Waals surface area contributed by atoms with Crippen molar-refractivity contribution in [2.75, 3.05) is 7.11 Å². The molecule has 0 aromatic carbocycles. The van der Waals surface area contributed by atoms with Gasteiger partial charge in [-0.3, -0.25) is 0 Å². The van der Waals surface area contributed by atoms with Crippen LogP contribution in [0.4, 0.5) is 0 Å². The average Bonchev–Trinajstić information content (AvgIpc) is 2.47. The van der Waals surface area contributed by atoms with E-state index in [0.717, 1.165) is 29.2 Å². The summed E-state index contributed by atoms with van der Waals surface area (Å²) < 4.78 is 5.07. The van der Waals surface area contributed by atoms with Crippen molar-refractivity contribution < 1.29 is 9.36 Å². The van der Waals surface area contributed by atoms with Crippen molar-refractivity contribution >= 4 is 5.71 Å². The van der Waals surface area contributed by atoms with Gasteiger partial charge < -0.3 is 9.36 Å². The molecule has 0 bridgehead atoms. The van der Waals surface area contributed by atoms with E-state index in [1.54, 1.807) is 0 Å². The smallest absolute Gasteiger partial charge is 0.143 e. The van der Waals surface area contributed by atoms with Crippen LogP contribution in [0.5, 0.6) is 0 Å². The first kappa shape index (κ1) is 9.77. The molecule has 13 heavy (non-hydrogen) atoms. The third-order valence-corrected chi connectivity index (χ3v) is 1.86. The lowest BCUT2D eigenvalue weighted by Crippen LogP contribution is -2.00. The molecule has 0 aliphatic carbocycles. The summed E-state index contributed by atoms with van der Waals surface area (Å²) in [5.74, 6) is 0.787. The molecule has 1 rings (SSSR count). The number of hydrogen-bond acceptors (Lipinski definition) is 4. The van der Waals surface area contributed by atoms with Crippen LogP contribution in [0.25, 0.3) is 0 Å². The van der Waals surface area contributed by atoms with Crippen LogP contribution in [0.1, 0.15) is 30.9 Å². The van der Waals surface area contributed by atoms with Crippen molar-refractivity contribution in [3.8, 4) is 0 Å². The summed E-state index contributed by atoms with van der Waals surface area (Å²) >= 11 is 0. The Hall–Kier alpha value is -1.32. The Kier molecular flexibility index (Phi) is 3.06. The molecule has 0 saturated carbocycles. The number of nitrogens with zero attached hydrogens (tertiary/aromatic N) is 2. The molecular formula is C9H14N2O2. The van der Waals surface area contributed by atoms with Gasteiger partial charge in [-0.05, 0) is 20.3 Å². The largest absolute Gasteiger partial charge is 0.399 e. The van der Waals surface area contributed by atoms with Crippen molar-refractivity contribution in [1.29, 1.82) is 0 Å². The van der Waals surface area contributed by atoms with Gasteiger partial charge in [0.25, 0.3) is 0 Å². The van der Waals surface area contributed by atoms with Crippen LogP contribution < -0.4 is 0 Å². The zero-order chi connectivity index (χ0) is 9.84. The quantitative estimate of drug-likeness (QED) is 0.530. The van der Waals surface area contributed by atoms with Crippen molar-refractivity contribution in [3.05, 3.63) is 17.0 Å². The van der Waals surface area contributed by atoms with E-state index in [-0.39, 0.29) is 0 Å². The third kappa shape index (κ3) is 1.88. The van der Waals surface area contributed by atoms with Gasteiger partial charge in [0.05, 0.1) is 17.0 Å². The first-order chi connectivity index (χ1) is 6.20. The predicted octanol–water partition coefficient (Wildman–Crippen LogP) is 1.92. The lowest BCUT2D eigenvalue weighted by molar-refractivity contribution is 0.213. The Morgan fingerprint density at radius 2 is 2.31 bits per heavy atom. The van der Waals surface area contributed by atoms with Crippen LogP contribution in [-0.2, 0) is 11.3 Å². The highest BCUT2D eigenvalue weighted by Crippen LogP contribution is 2.14. The van der Waals surface area contributed by atoms with Gasteiger partial charge in [-0.15, -0.1) is 0 Å². The van der Waals surface area contributed by atoms with Crippen LogP contribution in [0.2, 0.25) is 0 Å². The summed E-state index contributed by atoms with van der Waals surface area (Å²) in [7, 11) is 1.53. The second-order valence-electron chi connectivity index (χ2n) is 2.77. The lowest BCUT2D eigenvalue weighted by atomic mass is 10.1. The summed E-state index contributed by atoms with van der Waals surface area (Å²) in [6.07, 6.45) is 0.837. The SMILES string of the molecule is CCc1noc(C)c1/C(C)=N/OC. The highest BCUT2D eigenvalue weighted by molar-refractivity contribution is 6.00. The normalized spacial score (nSPS) is 11.8. The Morgan fingerprint density at radius 3 is 2.85 bits per heavy atom.